The van der Waals surface area contributed by atoms with Crippen LogP contribution in [0.15, 0.2) is 30.5 Å². The minimum absolute atomic E-state index is 0.0918. The SMILES string of the molecule is Cc1c(C)c(C)n2c3[n+](c(C)c2c1C)C(C)(C)c1cc2cccnc2cc1-3. The molecule has 1 aromatic carbocycles. The molecule has 0 aliphatic carbocycles. The zero-order valence-corrected chi connectivity index (χ0v) is 17.2. The maximum atomic E-state index is 4.62. The summed E-state index contributed by atoms with van der Waals surface area (Å²) in [6, 6.07) is 8.79. The summed E-state index contributed by atoms with van der Waals surface area (Å²) in [4.78, 5) is 4.62. The van der Waals surface area contributed by atoms with E-state index in [2.05, 4.69) is 80.6 Å². The lowest BCUT2D eigenvalue weighted by molar-refractivity contribution is -0.735. The van der Waals surface area contributed by atoms with Crippen molar-refractivity contribution >= 4 is 16.4 Å². The van der Waals surface area contributed by atoms with Gasteiger partial charge in [-0.2, -0.15) is 4.40 Å². The van der Waals surface area contributed by atoms with Gasteiger partial charge in [0.1, 0.15) is 16.9 Å². The van der Waals surface area contributed by atoms with Gasteiger partial charge < -0.3 is 0 Å². The van der Waals surface area contributed by atoms with E-state index in [0.29, 0.717) is 0 Å². The van der Waals surface area contributed by atoms with Crippen molar-refractivity contribution in [3.8, 4) is 11.4 Å². The van der Waals surface area contributed by atoms with Gasteiger partial charge in [0.15, 0.2) is 5.52 Å². The highest BCUT2D eigenvalue weighted by molar-refractivity contribution is 5.86. The Morgan fingerprint density at radius 3 is 2.44 bits per heavy atom. The smallest absolute Gasteiger partial charge is 0.256 e. The lowest BCUT2D eigenvalue weighted by Gasteiger charge is -2.19. The Hall–Kier alpha value is -2.68. The van der Waals surface area contributed by atoms with E-state index in [9.17, 15) is 0 Å². The Labute approximate surface area is 160 Å². The second kappa shape index (κ2) is 4.98. The van der Waals surface area contributed by atoms with Crippen LogP contribution in [-0.4, -0.2) is 9.38 Å². The highest BCUT2D eigenvalue weighted by Gasteiger charge is 2.47. The van der Waals surface area contributed by atoms with E-state index in [4.69, 9.17) is 0 Å². The van der Waals surface area contributed by atoms with Gasteiger partial charge in [0.25, 0.3) is 5.82 Å². The monoisotopic (exact) mass is 356 g/mol. The van der Waals surface area contributed by atoms with Crippen molar-refractivity contribution in [3.05, 3.63) is 64.1 Å². The van der Waals surface area contributed by atoms with Crippen LogP contribution in [0.25, 0.3) is 27.8 Å². The Balaban J connectivity index is 2.04. The fourth-order valence-electron chi connectivity index (χ4n) is 5.15. The molecule has 0 saturated carbocycles. The van der Waals surface area contributed by atoms with Crippen LogP contribution in [0.4, 0.5) is 0 Å². The molecule has 0 saturated heterocycles. The number of nitrogens with zero attached hydrogens (tertiary/aromatic N) is 3. The maximum absolute atomic E-state index is 4.62. The van der Waals surface area contributed by atoms with Gasteiger partial charge in [0, 0.05) is 29.6 Å². The molecule has 1 aliphatic rings. The molecule has 3 nitrogen and oxygen atoms in total. The van der Waals surface area contributed by atoms with E-state index in [1.165, 1.54) is 55.9 Å². The molecule has 0 spiro atoms. The Kier molecular flexibility index (Phi) is 3.04. The van der Waals surface area contributed by atoms with Crippen LogP contribution < -0.4 is 4.57 Å². The summed E-state index contributed by atoms with van der Waals surface area (Å²) >= 11 is 0. The molecular weight excluding hydrogens is 330 g/mol. The van der Waals surface area contributed by atoms with Crippen LogP contribution in [0.3, 0.4) is 0 Å². The van der Waals surface area contributed by atoms with E-state index < -0.39 is 0 Å². The third kappa shape index (κ3) is 1.82. The molecule has 0 amide bonds. The average Bonchev–Trinajstić information content (AvgIpc) is 3.08. The molecule has 0 unspecified atom stereocenters. The molecule has 4 heterocycles. The maximum Gasteiger partial charge on any atom is 0.295 e. The molecule has 0 atom stereocenters. The van der Waals surface area contributed by atoms with Gasteiger partial charge in [0.2, 0.25) is 0 Å². The van der Waals surface area contributed by atoms with Crippen LogP contribution in [-0.2, 0) is 5.54 Å². The highest BCUT2D eigenvalue weighted by atomic mass is 15.2. The Morgan fingerprint density at radius 1 is 0.963 bits per heavy atom. The van der Waals surface area contributed by atoms with Crippen LogP contribution in [0.1, 0.15) is 47.5 Å². The van der Waals surface area contributed by atoms with Crippen LogP contribution in [0.2, 0.25) is 0 Å². The molecule has 0 bridgehead atoms. The average molecular weight is 356 g/mol. The zero-order chi connectivity index (χ0) is 19.2. The number of pyridine rings is 2. The molecule has 3 aromatic heterocycles. The molecule has 3 heteroatoms. The number of fused-ring (bicyclic) bond motifs is 6. The van der Waals surface area contributed by atoms with Gasteiger partial charge in [-0.05, 0) is 70.9 Å². The number of rotatable bonds is 0. The van der Waals surface area contributed by atoms with Gasteiger partial charge in [-0.25, -0.2) is 4.57 Å². The summed E-state index contributed by atoms with van der Waals surface area (Å²) in [6.45, 7) is 15.9. The third-order valence-electron chi connectivity index (χ3n) is 6.88. The molecule has 0 N–H and O–H groups in total. The first-order valence-corrected chi connectivity index (χ1v) is 9.68. The molecule has 136 valence electrons. The van der Waals surface area contributed by atoms with E-state index in [1.807, 2.05) is 12.3 Å². The standard InChI is InChI=1S/C24H26N3/c1-13-14(2)16(4)26-22(15(13)3)17(5)27-23(26)19-12-21-18(9-8-10-25-21)11-20(19)24(27,6)7/h8-12H,1-7H3/q+1. The number of aryl methyl sites for hydroxylation is 3. The highest BCUT2D eigenvalue weighted by Crippen LogP contribution is 2.42. The first kappa shape index (κ1) is 16.5. The summed E-state index contributed by atoms with van der Waals surface area (Å²) in [6.07, 6.45) is 1.88. The summed E-state index contributed by atoms with van der Waals surface area (Å²) < 4.78 is 5.01. The van der Waals surface area contributed by atoms with E-state index >= 15 is 0 Å². The second-order valence-corrected chi connectivity index (χ2v) is 8.54. The van der Waals surface area contributed by atoms with Gasteiger partial charge in [-0.15, -0.1) is 0 Å². The number of hydrogen-bond donors (Lipinski definition) is 0. The fraction of sp³-hybridized carbons (Fsp3) is 0.333. The van der Waals surface area contributed by atoms with Crippen molar-refractivity contribution in [2.24, 2.45) is 0 Å². The molecular formula is C24H26N3+. The number of aromatic nitrogens is 3. The first-order valence-electron chi connectivity index (χ1n) is 9.68. The largest absolute Gasteiger partial charge is 0.295 e. The van der Waals surface area contributed by atoms with E-state index in [0.717, 1.165) is 5.52 Å². The topological polar surface area (TPSA) is 21.2 Å². The van der Waals surface area contributed by atoms with E-state index in [1.54, 1.807) is 0 Å². The lowest BCUT2D eigenvalue weighted by atomic mass is 9.91. The van der Waals surface area contributed by atoms with Gasteiger partial charge in [-0.3, -0.25) is 4.98 Å². The van der Waals surface area contributed by atoms with Crippen LogP contribution in [0.5, 0.6) is 0 Å². The number of imidazole rings is 1. The number of hydrogen-bond acceptors (Lipinski definition) is 1. The minimum atomic E-state index is -0.0918. The summed E-state index contributed by atoms with van der Waals surface area (Å²) in [7, 11) is 0. The molecule has 0 fully saturated rings. The van der Waals surface area contributed by atoms with E-state index in [-0.39, 0.29) is 5.54 Å². The quantitative estimate of drug-likeness (QED) is 0.403. The summed E-state index contributed by atoms with van der Waals surface area (Å²) in [5, 5.41) is 1.21. The fourth-order valence-corrected chi connectivity index (χ4v) is 5.15. The van der Waals surface area contributed by atoms with Crippen molar-refractivity contribution in [3.63, 3.8) is 0 Å². The third-order valence-corrected chi connectivity index (χ3v) is 6.88. The van der Waals surface area contributed by atoms with Crippen molar-refractivity contribution in [1.29, 1.82) is 0 Å². The van der Waals surface area contributed by atoms with Crippen molar-refractivity contribution in [2.75, 3.05) is 0 Å². The van der Waals surface area contributed by atoms with Crippen LogP contribution in [0, 0.1) is 34.6 Å². The summed E-state index contributed by atoms with van der Waals surface area (Å²) in [5.74, 6) is 1.29. The van der Waals surface area contributed by atoms with Crippen molar-refractivity contribution in [1.82, 2.24) is 9.38 Å². The van der Waals surface area contributed by atoms with Gasteiger partial charge >= 0.3 is 0 Å². The Bertz CT molecular complexity index is 1290. The Morgan fingerprint density at radius 2 is 1.70 bits per heavy atom. The lowest BCUT2D eigenvalue weighted by Crippen LogP contribution is -2.51. The molecule has 5 rings (SSSR count). The summed E-state index contributed by atoms with van der Waals surface area (Å²) in [5.41, 5.74) is 11.8. The zero-order valence-electron chi connectivity index (χ0n) is 17.2. The second-order valence-electron chi connectivity index (χ2n) is 8.54. The molecule has 0 radical (unpaired) electrons. The molecule has 27 heavy (non-hydrogen) atoms. The molecule has 1 aliphatic heterocycles. The number of benzene rings is 1. The first-order chi connectivity index (χ1) is 12.7. The van der Waals surface area contributed by atoms with Gasteiger partial charge in [0.05, 0.1) is 11.1 Å². The minimum Gasteiger partial charge on any atom is -0.256 e. The van der Waals surface area contributed by atoms with Crippen molar-refractivity contribution < 1.29 is 4.57 Å². The normalized spacial score (nSPS) is 14.8. The van der Waals surface area contributed by atoms with Crippen molar-refractivity contribution in [2.45, 2.75) is 54.0 Å². The van der Waals surface area contributed by atoms with Crippen LogP contribution >= 0.6 is 0 Å². The predicted octanol–water partition coefficient (Wildman–Crippen LogP) is 5.08. The van der Waals surface area contributed by atoms with Gasteiger partial charge in [-0.1, -0.05) is 6.07 Å². The molecule has 4 aromatic rings. The predicted molar refractivity (Wildman–Crippen MR) is 110 cm³/mol.